The molecule has 0 spiro atoms. The summed E-state index contributed by atoms with van der Waals surface area (Å²) in [6.45, 7) is 19.2. The van der Waals surface area contributed by atoms with Gasteiger partial charge in [-0.2, -0.15) is 0 Å². The Morgan fingerprint density at radius 1 is 0.881 bits per heavy atom. The Kier molecular flexibility index (Phi) is 7.05. The summed E-state index contributed by atoms with van der Waals surface area (Å²) < 4.78 is 4.93. The van der Waals surface area contributed by atoms with E-state index in [1.54, 1.807) is 0 Å². The van der Waals surface area contributed by atoms with E-state index in [-0.39, 0.29) is 32.9 Å². The summed E-state index contributed by atoms with van der Waals surface area (Å²) in [6.07, 6.45) is 13.0. The zero-order valence-corrected chi connectivity index (χ0v) is 27.7. The maximum Gasteiger partial charge on any atom is 0.337 e. The van der Waals surface area contributed by atoms with Crippen LogP contribution in [-0.2, 0) is 9.53 Å². The molecule has 0 amide bonds. The zero-order chi connectivity index (χ0) is 30.5. The van der Waals surface area contributed by atoms with Crippen molar-refractivity contribution in [2.45, 2.75) is 99.3 Å². The van der Waals surface area contributed by atoms with Crippen molar-refractivity contribution in [1.82, 2.24) is 0 Å². The third-order valence-corrected chi connectivity index (χ3v) is 15.0. The van der Waals surface area contributed by atoms with Crippen LogP contribution in [0.3, 0.4) is 0 Å². The van der Waals surface area contributed by atoms with Crippen molar-refractivity contribution >= 4 is 28.4 Å². The smallest absolute Gasteiger partial charge is 0.337 e. The Hall–Kier alpha value is -1.87. The molecule has 5 aliphatic carbocycles. The maximum absolute atomic E-state index is 13.2. The van der Waals surface area contributed by atoms with E-state index < -0.39 is 5.41 Å². The van der Waals surface area contributed by atoms with Crippen LogP contribution in [0, 0.1) is 56.7 Å². The second kappa shape index (κ2) is 9.82. The van der Waals surface area contributed by atoms with E-state index in [0.29, 0.717) is 35.2 Å². The van der Waals surface area contributed by atoms with E-state index in [0.717, 1.165) is 24.8 Å². The topological polar surface area (TPSA) is 43.4 Å². The first-order chi connectivity index (χ1) is 19.7. The summed E-state index contributed by atoms with van der Waals surface area (Å²) in [7, 11) is 1.43. The van der Waals surface area contributed by atoms with Gasteiger partial charge in [-0.25, -0.2) is 4.79 Å². The summed E-state index contributed by atoms with van der Waals surface area (Å²) >= 11 is 6.52. The summed E-state index contributed by atoms with van der Waals surface area (Å²) in [6, 6.07) is 8.02. The first-order valence-electron chi connectivity index (χ1n) is 16.4. The van der Waals surface area contributed by atoms with Crippen molar-refractivity contribution in [3.63, 3.8) is 0 Å². The minimum absolute atomic E-state index is 0.0299. The molecule has 42 heavy (non-hydrogen) atoms. The number of hydrogen-bond acceptors (Lipinski definition) is 3. The van der Waals surface area contributed by atoms with E-state index in [2.05, 4.69) is 66.3 Å². The van der Waals surface area contributed by atoms with Gasteiger partial charge < -0.3 is 4.74 Å². The fourth-order valence-corrected chi connectivity index (χ4v) is 12.9. The van der Waals surface area contributed by atoms with Gasteiger partial charge in [0, 0.05) is 0 Å². The average molecular weight is 591 g/mol. The lowest BCUT2D eigenvalue weighted by atomic mass is 9.33. The lowest BCUT2D eigenvalue weighted by Crippen LogP contribution is -2.65. The van der Waals surface area contributed by atoms with Crippen LogP contribution in [0.5, 0.6) is 0 Å². The number of fused-ring (bicyclic) bond motifs is 7. The fraction of sp³-hybridized carbons (Fsp3) is 0.684. The van der Waals surface area contributed by atoms with Gasteiger partial charge in [0.05, 0.1) is 18.1 Å². The highest BCUT2D eigenvalue weighted by molar-refractivity contribution is 6.65. The normalized spacial score (nSPS) is 43.6. The predicted molar refractivity (Wildman–Crippen MR) is 171 cm³/mol. The van der Waals surface area contributed by atoms with E-state index in [1.807, 2.05) is 12.1 Å². The molecule has 9 atom stereocenters. The SMILES string of the molecule is C=C(C)[C@@]1(C(=O)Cl)CC[C@@H]2CC[C@]3(C)[C@H](CC[C@@H]4[C@@]5(C)CC=C(c6ccc(C(=O)OC)cc6)C(C)(C)[C@@H]5CC[C@]43C)[C@@H]21. The standard InChI is InChI=1S/C38H51ClO3/c1-23(2)38(33(39)41)22-16-25-15-20-36(6)28(31(25)38)13-14-30-35(5)19-17-27(24-9-11-26(12-10-24)32(40)42-8)34(3,4)29(35)18-21-37(30,36)7/h9-12,17,25,28-31H,1,13-16,18-22H2,2-8H3/t25-,28+,29-,30+,31+,35-,36+,37+,38-/m0/s1. The molecule has 0 unspecified atom stereocenters. The molecule has 3 nitrogen and oxygen atoms in total. The van der Waals surface area contributed by atoms with Gasteiger partial charge in [0.1, 0.15) is 0 Å². The molecule has 0 bridgehead atoms. The Morgan fingerprint density at radius 3 is 2.14 bits per heavy atom. The third-order valence-electron chi connectivity index (χ3n) is 14.7. The second-order valence-corrected chi connectivity index (χ2v) is 16.5. The lowest BCUT2D eigenvalue weighted by molar-refractivity contribution is -0.219. The first kappa shape index (κ1) is 30.2. The molecule has 0 saturated heterocycles. The number of methoxy groups -OCH3 is 1. The third kappa shape index (κ3) is 3.77. The van der Waals surface area contributed by atoms with Crippen LogP contribution in [0.2, 0.25) is 0 Å². The monoisotopic (exact) mass is 590 g/mol. The molecule has 0 radical (unpaired) electrons. The molecule has 4 fully saturated rings. The highest BCUT2D eigenvalue weighted by Gasteiger charge is 2.70. The van der Waals surface area contributed by atoms with Crippen molar-refractivity contribution in [3.8, 4) is 0 Å². The zero-order valence-electron chi connectivity index (χ0n) is 26.9. The molecule has 4 saturated carbocycles. The maximum atomic E-state index is 13.2. The Bertz CT molecular complexity index is 1320. The van der Waals surface area contributed by atoms with Crippen molar-refractivity contribution in [2.24, 2.45) is 56.7 Å². The van der Waals surface area contributed by atoms with Gasteiger partial charge in [-0.1, -0.05) is 65.0 Å². The van der Waals surface area contributed by atoms with Crippen LogP contribution in [0.4, 0.5) is 0 Å². The van der Waals surface area contributed by atoms with Crippen LogP contribution in [-0.4, -0.2) is 18.3 Å². The number of rotatable bonds is 4. The number of ether oxygens (including phenoxy) is 1. The van der Waals surface area contributed by atoms with Crippen LogP contribution >= 0.6 is 11.6 Å². The van der Waals surface area contributed by atoms with E-state index in [9.17, 15) is 9.59 Å². The predicted octanol–water partition coefficient (Wildman–Crippen LogP) is 9.89. The van der Waals surface area contributed by atoms with Gasteiger partial charge in [-0.05, 0) is 151 Å². The molecule has 0 N–H and O–H groups in total. The van der Waals surface area contributed by atoms with Crippen LogP contribution in [0.25, 0.3) is 5.57 Å². The number of halogens is 1. The van der Waals surface area contributed by atoms with Gasteiger partial charge in [0.15, 0.2) is 0 Å². The quantitative estimate of drug-likeness (QED) is 0.199. The Morgan fingerprint density at radius 2 is 1.52 bits per heavy atom. The molecule has 1 aromatic rings. The van der Waals surface area contributed by atoms with Gasteiger partial charge in [0.25, 0.3) is 0 Å². The molecule has 4 heteroatoms. The Labute approximate surface area is 258 Å². The minimum Gasteiger partial charge on any atom is -0.465 e. The number of carbonyl (C=O) groups excluding carboxylic acids is 2. The van der Waals surface area contributed by atoms with E-state index in [1.165, 1.54) is 56.8 Å². The molecule has 0 aromatic heterocycles. The van der Waals surface area contributed by atoms with Gasteiger partial charge in [0.2, 0.25) is 5.24 Å². The van der Waals surface area contributed by atoms with Gasteiger partial charge in [-0.15, -0.1) is 0 Å². The minimum atomic E-state index is -0.545. The highest BCUT2D eigenvalue weighted by atomic mass is 35.5. The summed E-state index contributed by atoms with van der Waals surface area (Å²) in [5, 5.41) is -0.152. The average Bonchev–Trinajstić information content (AvgIpc) is 3.34. The van der Waals surface area contributed by atoms with E-state index >= 15 is 0 Å². The molecule has 6 rings (SSSR count). The molecule has 228 valence electrons. The number of hydrogen-bond donors (Lipinski definition) is 0. The molecule has 0 aliphatic heterocycles. The molecule has 0 heterocycles. The largest absolute Gasteiger partial charge is 0.465 e. The lowest BCUT2D eigenvalue weighted by Gasteiger charge is -2.72. The van der Waals surface area contributed by atoms with Crippen molar-refractivity contribution in [3.05, 3.63) is 53.6 Å². The van der Waals surface area contributed by atoms with Crippen LogP contribution < -0.4 is 0 Å². The number of benzene rings is 1. The van der Waals surface area contributed by atoms with E-state index in [4.69, 9.17) is 16.3 Å². The number of allylic oxidation sites excluding steroid dienone is 3. The van der Waals surface area contributed by atoms with Crippen LogP contribution in [0.1, 0.15) is 115 Å². The van der Waals surface area contributed by atoms with Gasteiger partial charge in [-0.3, -0.25) is 4.79 Å². The van der Waals surface area contributed by atoms with Crippen molar-refractivity contribution < 1.29 is 14.3 Å². The molecular weight excluding hydrogens is 540 g/mol. The van der Waals surface area contributed by atoms with Gasteiger partial charge >= 0.3 is 5.97 Å². The van der Waals surface area contributed by atoms with Crippen molar-refractivity contribution in [2.75, 3.05) is 7.11 Å². The summed E-state index contributed by atoms with van der Waals surface area (Å²) in [5.41, 5.74) is 4.37. The van der Waals surface area contributed by atoms with Crippen LogP contribution in [0.15, 0.2) is 42.5 Å². The Balaban J connectivity index is 1.36. The highest BCUT2D eigenvalue weighted by Crippen LogP contribution is 2.77. The fourth-order valence-electron chi connectivity index (χ4n) is 12.6. The number of carbonyl (C=O) groups is 2. The first-order valence-corrected chi connectivity index (χ1v) is 16.8. The molecule has 1 aromatic carbocycles. The molecular formula is C38H51ClO3. The number of esters is 1. The summed E-state index contributed by atoms with van der Waals surface area (Å²) in [4.78, 5) is 25.3. The second-order valence-electron chi connectivity index (χ2n) is 16.2. The molecule has 5 aliphatic rings. The van der Waals surface area contributed by atoms with Crippen molar-refractivity contribution in [1.29, 1.82) is 0 Å². The summed E-state index contributed by atoms with van der Waals surface area (Å²) in [5.74, 6) is 2.40.